The van der Waals surface area contributed by atoms with Crippen molar-refractivity contribution < 1.29 is 19.8 Å². The monoisotopic (exact) mass is 240 g/mol. The van der Waals surface area contributed by atoms with Gasteiger partial charge in [0, 0.05) is 13.0 Å². The smallest absolute Gasteiger partial charge is 0.326 e. The highest BCUT2D eigenvalue weighted by atomic mass is 16.4. The molecule has 2 rings (SSSR count). The zero-order valence-electron chi connectivity index (χ0n) is 8.93. The fraction of sp³-hybridized carbons (Fsp3) is 0.556. The summed E-state index contributed by atoms with van der Waals surface area (Å²) in [4.78, 5) is 27.6. The number of amides is 1. The van der Waals surface area contributed by atoms with Crippen LogP contribution in [0, 0.1) is 0 Å². The standard InChI is InChI=1S/C9H12N4O4/c14-6-1-7(9(16)17)13(2-6)8(15)3-12-5-10-4-11-12/h4-7,14H,1-3H2,(H,16,17)/t6-,7+/m1/s1. The van der Waals surface area contributed by atoms with Crippen molar-refractivity contribution in [2.45, 2.75) is 25.1 Å². The molecule has 1 aliphatic rings. The van der Waals surface area contributed by atoms with Gasteiger partial charge in [-0.2, -0.15) is 5.10 Å². The summed E-state index contributed by atoms with van der Waals surface area (Å²) < 4.78 is 1.31. The van der Waals surface area contributed by atoms with Gasteiger partial charge < -0.3 is 15.1 Å². The van der Waals surface area contributed by atoms with E-state index in [0.29, 0.717) is 0 Å². The molecule has 1 aromatic heterocycles. The van der Waals surface area contributed by atoms with Crippen LogP contribution >= 0.6 is 0 Å². The van der Waals surface area contributed by atoms with Crippen molar-refractivity contribution in [1.82, 2.24) is 19.7 Å². The lowest BCUT2D eigenvalue weighted by Crippen LogP contribution is -2.42. The lowest BCUT2D eigenvalue weighted by Gasteiger charge is -2.20. The van der Waals surface area contributed by atoms with Gasteiger partial charge in [0.25, 0.3) is 0 Å². The van der Waals surface area contributed by atoms with Crippen molar-refractivity contribution >= 4 is 11.9 Å². The number of carboxylic acid groups (broad SMARTS) is 1. The van der Waals surface area contributed by atoms with E-state index in [2.05, 4.69) is 10.1 Å². The third-order valence-electron chi connectivity index (χ3n) is 2.65. The molecule has 0 bridgehead atoms. The molecule has 8 nitrogen and oxygen atoms in total. The lowest BCUT2D eigenvalue weighted by molar-refractivity contribution is -0.148. The Hall–Kier alpha value is -1.96. The molecule has 1 saturated heterocycles. The average Bonchev–Trinajstić information content (AvgIpc) is 2.86. The largest absolute Gasteiger partial charge is 0.480 e. The van der Waals surface area contributed by atoms with E-state index in [1.807, 2.05) is 0 Å². The van der Waals surface area contributed by atoms with Crippen LogP contribution in [0.3, 0.4) is 0 Å². The Kier molecular flexibility index (Phi) is 3.05. The first-order valence-electron chi connectivity index (χ1n) is 5.10. The number of rotatable bonds is 3. The molecule has 1 fully saturated rings. The van der Waals surface area contributed by atoms with Gasteiger partial charge in [0.2, 0.25) is 5.91 Å². The molecule has 17 heavy (non-hydrogen) atoms. The van der Waals surface area contributed by atoms with Crippen LogP contribution in [0.2, 0.25) is 0 Å². The van der Waals surface area contributed by atoms with Gasteiger partial charge in [-0.25, -0.2) is 14.5 Å². The second-order valence-electron chi connectivity index (χ2n) is 3.88. The Morgan fingerprint density at radius 2 is 2.24 bits per heavy atom. The van der Waals surface area contributed by atoms with Crippen molar-refractivity contribution in [2.75, 3.05) is 6.54 Å². The first-order chi connectivity index (χ1) is 8.08. The second kappa shape index (κ2) is 4.50. The molecule has 1 aliphatic heterocycles. The van der Waals surface area contributed by atoms with Gasteiger partial charge in [0.05, 0.1) is 6.10 Å². The molecule has 92 valence electrons. The molecular weight excluding hydrogens is 228 g/mol. The van der Waals surface area contributed by atoms with E-state index in [1.54, 1.807) is 0 Å². The van der Waals surface area contributed by atoms with Crippen molar-refractivity contribution in [3.05, 3.63) is 12.7 Å². The number of carbonyl (C=O) groups excluding carboxylic acids is 1. The van der Waals surface area contributed by atoms with E-state index in [0.717, 1.165) is 4.90 Å². The minimum Gasteiger partial charge on any atom is -0.480 e. The number of carboxylic acids is 1. The average molecular weight is 240 g/mol. The van der Waals surface area contributed by atoms with Crippen LogP contribution in [0.4, 0.5) is 0 Å². The molecule has 0 radical (unpaired) electrons. The summed E-state index contributed by atoms with van der Waals surface area (Å²) in [5.41, 5.74) is 0. The number of aliphatic hydroxyl groups is 1. The number of carbonyl (C=O) groups is 2. The maximum absolute atomic E-state index is 11.8. The predicted octanol–water partition coefficient (Wildman–Crippen LogP) is -1.68. The maximum atomic E-state index is 11.8. The van der Waals surface area contributed by atoms with Crippen molar-refractivity contribution in [3.63, 3.8) is 0 Å². The highest BCUT2D eigenvalue weighted by Gasteiger charge is 2.38. The second-order valence-corrected chi connectivity index (χ2v) is 3.88. The van der Waals surface area contributed by atoms with E-state index in [9.17, 15) is 14.7 Å². The maximum Gasteiger partial charge on any atom is 0.326 e. The Balaban J connectivity index is 2.05. The molecule has 0 saturated carbocycles. The van der Waals surface area contributed by atoms with Gasteiger partial charge >= 0.3 is 5.97 Å². The Morgan fingerprint density at radius 3 is 2.82 bits per heavy atom. The summed E-state index contributed by atoms with van der Waals surface area (Å²) in [7, 11) is 0. The molecule has 0 unspecified atom stereocenters. The zero-order chi connectivity index (χ0) is 12.4. The molecular formula is C9H12N4O4. The molecule has 0 aliphatic carbocycles. The fourth-order valence-corrected chi connectivity index (χ4v) is 1.87. The minimum atomic E-state index is -1.10. The molecule has 2 atom stereocenters. The Bertz CT molecular complexity index is 419. The van der Waals surface area contributed by atoms with Crippen molar-refractivity contribution in [1.29, 1.82) is 0 Å². The van der Waals surface area contributed by atoms with Crippen LogP contribution in [0.15, 0.2) is 12.7 Å². The molecule has 0 spiro atoms. The number of hydrogen-bond donors (Lipinski definition) is 2. The number of β-amino-alcohol motifs (C(OH)–C–C–N with tert-alkyl or cyclic N) is 1. The van der Waals surface area contributed by atoms with E-state index in [1.165, 1.54) is 17.3 Å². The van der Waals surface area contributed by atoms with Gasteiger partial charge in [-0.15, -0.1) is 0 Å². The Morgan fingerprint density at radius 1 is 1.47 bits per heavy atom. The Labute approximate surface area is 96.5 Å². The van der Waals surface area contributed by atoms with Gasteiger partial charge in [0.1, 0.15) is 25.2 Å². The molecule has 1 amide bonds. The third kappa shape index (κ3) is 2.41. The number of aromatic nitrogens is 3. The first-order valence-corrected chi connectivity index (χ1v) is 5.10. The summed E-state index contributed by atoms with van der Waals surface area (Å²) in [6.07, 6.45) is 1.95. The number of aliphatic carboxylic acids is 1. The summed E-state index contributed by atoms with van der Waals surface area (Å²) in [5.74, 6) is -1.49. The normalized spacial score (nSPS) is 23.9. The molecule has 1 aromatic rings. The van der Waals surface area contributed by atoms with Gasteiger partial charge in [-0.1, -0.05) is 0 Å². The minimum absolute atomic E-state index is 0.0461. The summed E-state index contributed by atoms with van der Waals surface area (Å²) >= 11 is 0. The van der Waals surface area contributed by atoms with E-state index in [-0.39, 0.29) is 25.4 Å². The fourth-order valence-electron chi connectivity index (χ4n) is 1.87. The van der Waals surface area contributed by atoms with Crippen LogP contribution in [0.25, 0.3) is 0 Å². The topological polar surface area (TPSA) is 109 Å². The van der Waals surface area contributed by atoms with Gasteiger partial charge in [-0.05, 0) is 0 Å². The molecule has 2 heterocycles. The van der Waals surface area contributed by atoms with E-state index >= 15 is 0 Å². The highest BCUT2D eigenvalue weighted by molar-refractivity contribution is 5.84. The van der Waals surface area contributed by atoms with E-state index < -0.39 is 18.1 Å². The number of hydrogen-bond acceptors (Lipinski definition) is 5. The van der Waals surface area contributed by atoms with Crippen molar-refractivity contribution in [2.24, 2.45) is 0 Å². The van der Waals surface area contributed by atoms with E-state index in [4.69, 9.17) is 5.11 Å². The van der Waals surface area contributed by atoms with Crippen LogP contribution in [-0.2, 0) is 16.1 Å². The van der Waals surface area contributed by atoms with Crippen LogP contribution in [0.5, 0.6) is 0 Å². The SMILES string of the molecule is O=C(O)[C@@H]1C[C@@H](O)CN1C(=O)Cn1cncn1. The summed E-state index contributed by atoms with van der Waals surface area (Å²) in [6, 6.07) is -0.957. The number of likely N-dealkylation sites (tertiary alicyclic amines) is 1. The number of nitrogens with zero attached hydrogens (tertiary/aromatic N) is 4. The van der Waals surface area contributed by atoms with Crippen LogP contribution < -0.4 is 0 Å². The molecule has 2 N–H and O–H groups in total. The number of aliphatic hydroxyl groups excluding tert-OH is 1. The molecule has 0 aromatic carbocycles. The molecule has 8 heteroatoms. The predicted molar refractivity (Wildman–Crippen MR) is 53.8 cm³/mol. The summed E-state index contributed by atoms with van der Waals surface area (Å²) in [5, 5.41) is 22.1. The first kappa shape index (κ1) is 11.5. The van der Waals surface area contributed by atoms with Gasteiger partial charge in [-0.3, -0.25) is 4.79 Å². The highest BCUT2D eigenvalue weighted by Crippen LogP contribution is 2.18. The quantitative estimate of drug-likeness (QED) is 0.653. The van der Waals surface area contributed by atoms with Gasteiger partial charge in [0.15, 0.2) is 0 Å². The van der Waals surface area contributed by atoms with Crippen LogP contribution in [0.1, 0.15) is 6.42 Å². The van der Waals surface area contributed by atoms with Crippen molar-refractivity contribution in [3.8, 4) is 0 Å². The third-order valence-corrected chi connectivity index (χ3v) is 2.65. The van der Waals surface area contributed by atoms with Crippen LogP contribution in [-0.4, -0.2) is 60.4 Å². The zero-order valence-corrected chi connectivity index (χ0v) is 8.93. The summed E-state index contributed by atoms with van der Waals surface area (Å²) in [6.45, 7) is -0.0268. The lowest BCUT2D eigenvalue weighted by atomic mass is 10.2.